The molecule has 1 N–H and O–H groups in total. The van der Waals surface area contributed by atoms with Crippen LogP contribution in [0, 0.1) is 0 Å². The maximum Gasteiger partial charge on any atom is 0.390 e. The van der Waals surface area contributed by atoms with Gasteiger partial charge in [0.05, 0.1) is 11.3 Å². The third-order valence-corrected chi connectivity index (χ3v) is 4.47. The zero-order chi connectivity index (χ0) is 15.6. The van der Waals surface area contributed by atoms with E-state index in [0.717, 1.165) is 6.07 Å². The van der Waals surface area contributed by atoms with Crippen LogP contribution in [-0.4, -0.2) is 27.0 Å². The molecule has 0 radical (unpaired) electrons. The van der Waals surface area contributed by atoms with Gasteiger partial charge in [0.15, 0.2) is 0 Å². The van der Waals surface area contributed by atoms with Crippen molar-refractivity contribution in [3.63, 3.8) is 0 Å². The number of nitrogens with one attached hydrogen (secondary N) is 1. The molecule has 112 valence electrons. The highest BCUT2D eigenvalue weighted by Gasteiger charge is 2.26. The smallest absolute Gasteiger partial charge is 0.352 e. The molecule has 10 heteroatoms. The van der Waals surface area contributed by atoms with Crippen LogP contribution in [0.4, 0.5) is 13.2 Å². The number of benzene rings is 1. The first-order chi connectivity index (χ1) is 9.00. The molecule has 0 aromatic heterocycles. The van der Waals surface area contributed by atoms with Crippen LogP contribution in [0.1, 0.15) is 16.8 Å². The third kappa shape index (κ3) is 5.29. The van der Waals surface area contributed by atoms with Crippen LogP contribution in [0.5, 0.6) is 0 Å². The van der Waals surface area contributed by atoms with Crippen molar-refractivity contribution in [1.29, 1.82) is 0 Å². The number of alkyl halides is 3. The maximum absolute atomic E-state index is 11.9. The lowest BCUT2D eigenvalue weighted by Gasteiger charge is -2.09. The Morgan fingerprint density at radius 3 is 2.45 bits per heavy atom. The molecule has 0 spiro atoms. The molecule has 1 rings (SSSR count). The Labute approximate surface area is 125 Å². The number of amides is 1. The minimum absolute atomic E-state index is 0.102. The van der Waals surface area contributed by atoms with Gasteiger partial charge in [-0.1, -0.05) is 0 Å². The topological polar surface area (TPSA) is 63.2 Å². The van der Waals surface area contributed by atoms with Crippen LogP contribution < -0.4 is 5.32 Å². The Bertz CT molecular complexity index is 619. The Morgan fingerprint density at radius 1 is 1.35 bits per heavy atom. The summed E-state index contributed by atoms with van der Waals surface area (Å²) in [5, 5.41) is 2.04. The SMILES string of the molecule is O=C(NCCC(F)(F)F)c1ccc(Br)c(S(=O)(=O)Cl)c1. The molecule has 0 saturated heterocycles. The van der Waals surface area contributed by atoms with Gasteiger partial charge in [-0.15, -0.1) is 0 Å². The minimum atomic E-state index is -4.38. The van der Waals surface area contributed by atoms with Crippen LogP contribution >= 0.6 is 26.6 Å². The first-order valence-corrected chi connectivity index (χ1v) is 8.20. The Morgan fingerprint density at radius 2 is 1.95 bits per heavy atom. The van der Waals surface area contributed by atoms with Crippen molar-refractivity contribution in [2.75, 3.05) is 6.54 Å². The molecule has 0 aliphatic rings. The average Bonchev–Trinajstić information content (AvgIpc) is 2.26. The molecule has 0 aliphatic carbocycles. The van der Waals surface area contributed by atoms with Crippen LogP contribution in [0.15, 0.2) is 27.6 Å². The van der Waals surface area contributed by atoms with Crippen LogP contribution in [0.25, 0.3) is 0 Å². The predicted molar refractivity (Wildman–Crippen MR) is 70.2 cm³/mol. The van der Waals surface area contributed by atoms with Gasteiger partial charge in [0.1, 0.15) is 0 Å². The van der Waals surface area contributed by atoms with Crippen LogP contribution in [0.3, 0.4) is 0 Å². The van der Waals surface area contributed by atoms with Crippen molar-refractivity contribution in [1.82, 2.24) is 5.32 Å². The number of hydrogen-bond donors (Lipinski definition) is 1. The van der Waals surface area contributed by atoms with Crippen LogP contribution in [-0.2, 0) is 9.05 Å². The van der Waals surface area contributed by atoms with Gasteiger partial charge in [-0.2, -0.15) is 13.2 Å². The van der Waals surface area contributed by atoms with Gasteiger partial charge < -0.3 is 5.32 Å². The van der Waals surface area contributed by atoms with E-state index in [1.54, 1.807) is 0 Å². The van der Waals surface area contributed by atoms with Crippen molar-refractivity contribution in [2.24, 2.45) is 0 Å². The van der Waals surface area contributed by atoms with Crippen molar-refractivity contribution < 1.29 is 26.4 Å². The fraction of sp³-hybridized carbons (Fsp3) is 0.300. The van der Waals surface area contributed by atoms with Gasteiger partial charge in [-0.05, 0) is 34.1 Å². The summed E-state index contributed by atoms with van der Waals surface area (Å²) in [4.78, 5) is 11.3. The molecule has 0 saturated carbocycles. The van der Waals surface area contributed by atoms with Gasteiger partial charge in [0.25, 0.3) is 15.0 Å². The first kappa shape index (κ1) is 17.3. The quantitative estimate of drug-likeness (QED) is 0.799. The second-order valence-corrected chi connectivity index (χ2v) is 7.09. The van der Waals surface area contributed by atoms with E-state index in [1.165, 1.54) is 12.1 Å². The predicted octanol–water partition coefficient (Wildman–Crippen LogP) is 3.06. The van der Waals surface area contributed by atoms with Gasteiger partial charge in [0.2, 0.25) is 0 Å². The summed E-state index contributed by atoms with van der Waals surface area (Å²) in [6.45, 7) is -0.596. The van der Waals surface area contributed by atoms with E-state index in [-0.39, 0.29) is 14.9 Å². The van der Waals surface area contributed by atoms with Gasteiger partial charge in [-0.3, -0.25) is 4.79 Å². The molecular weight excluding hydrogens is 387 g/mol. The number of carbonyl (C=O) groups excluding carboxylic acids is 1. The second-order valence-electron chi connectivity index (χ2n) is 3.70. The van der Waals surface area contributed by atoms with Crippen LogP contribution in [0.2, 0.25) is 0 Å². The number of hydrogen-bond acceptors (Lipinski definition) is 3. The lowest BCUT2D eigenvalue weighted by atomic mass is 10.2. The molecule has 0 bridgehead atoms. The van der Waals surface area contributed by atoms with E-state index < -0.39 is 34.1 Å². The largest absolute Gasteiger partial charge is 0.390 e. The van der Waals surface area contributed by atoms with Crippen molar-refractivity contribution in [3.05, 3.63) is 28.2 Å². The van der Waals surface area contributed by atoms with E-state index >= 15 is 0 Å². The standard InChI is InChI=1S/C10H8BrClF3NO3S/c11-7-2-1-6(5-8(7)20(12,18)19)9(17)16-4-3-10(13,14)15/h1-2,5H,3-4H2,(H,16,17). The van der Waals surface area contributed by atoms with E-state index in [0.29, 0.717) is 0 Å². The summed E-state index contributed by atoms with van der Waals surface area (Å²) in [5.41, 5.74) is -0.102. The molecule has 1 aromatic rings. The lowest BCUT2D eigenvalue weighted by Crippen LogP contribution is -2.28. The summed E-state index contributed by atoms with van der Waals surface area (Å²) in [7, 11) is 1.10. The molecule has 1 aromatic carbocycles. The van der Waals surface area contributed by atoms with Crippen molar-refractivity contribution in [3.8, 4) is 0 Å². The highest BCUT2D eigenvalue weighted by Crippen LogP contribution is 2.26. The molecule has 20 heavy (non-hydrogen) atoms. The Balaban J connectivity index is 2.85. The van der Waals surface area contributed by atoms with E-state index in [4.69, 9.17) is 10.7 Å². The summed E-state index contributed by atoms with van der Waals surface area (Å²) >= 11 is 2.95. The fourth-order valence-electron chi connectivity index (χ4n) is 1.25. The summed E-state index contributed by atoms with van der Waals surface area (Å²) in [6, 6.07) is 3.52. The third-order valence-electron chi connectivity index (χ3n) is 2.15. The van der Waals surface area contributed by atoms with Crippen molar-refractivity contribution >= 4 is 41.6 Å². The lowest BCUT2D eigenvalue weighted by molar-refractivity contribution is -0.132. The summed E-state index contributed by atoms with van der Waals surface area (Å²) in [5.74, 6) is -0.816. The normalized spacial score (nSPS) is 12.2. The highest BCUT2D eigenvalue weighted by atomic mass is 79.9. The van der Waals surface area contributed by atoms with E-state index in [1.807, 2.05) is 5.32 Å². The monoisotopic (exact) mass is 393 g/mol. The number of halogens is 5. The Hall–Kier alpha value is -0.800. The zero-order valence-corrected chi connectivity index (χ0v) is 12.8. The maximum atomic E-state index is 11.9. The fourth-order valence-corrected chi connectivity index (χ4v) is 3.37. The average molecular weight is 395 g/mol. The van der Waals surface area contributed by atoms with E-state index in [2.05, 4.69) is 15.9 Å². The Kier molecular flexibility index (Phi) is 5.45. The second kappa shape index (κ2) is 6.31. The number of rotatable bonds is 4. The van der Waals surface area contributed by atoms with Gasteiger partial charge >= 0.3 is 6.18 Å². The summed E-state index contributed by atoms with van der Waals surface area (Å²) in [6.07, 6.45) is -5.55. The van der Waals surface area contributed by atoms with E-state index in [9.17, 15) is 26.4 Å². The molecule has 0 unspecified atom stereocenters. The molecular formula is C10H8BrClF3NO3S. The van der Waals surface area contributed by atoms with Gasteiger partial charge in [-0.25, -0.2) is 8.42 Å². The summed E-state index contributed by atoms with van der Waals surface area (Å²) < 4.78 is 58.4. The first-order valence-electron chi connectivity index (χ1n) is 5.10. The van der Waals surface area contributed by atoms with Crippen molar-refractivity contribution in [2.45, 2.75) is 17.5 Å². The molecule has 0 heterocycles. The van der Waals surface area contributed by atoms with Gasteiger partial charge in [0, 0.05) is 27.3 Å². The highest BCUT2D eigenvalue weighted by molar-refractivity contribution is 9.10. The minimum Gasteiger partial charge on any atom is -0.352 e. The number of carbonyl (C=O) groups is 1. The zero-order valence-electron chi connectivity index (χ0n) is 9.67. The molecule has 4 nitrogen and oxygen atoms in total. The molecule has 0 aliphatic heterocycles. The molecule has 1 amide bonds. The molecule has 0 atom stereocenters. The molecule has 0 fully saturated rings.